The summed E-state index contributed by atoms with van der Waals surface area (Å²) >= 11 is 0. The molecular formula is C14H23N5O2. The first-order chi connectivity index (χ1) is 10.1. The van der Waals surface area contributed by atoms with Crippen LogP contribution in [-0.2, 0) is 16.1 Å². The molecule has 7 heteroatoms. The molecular weight excluding hydrogens is 270 g/mol. The number of hydrogen-bond acceptors (Lipinski definition) is 6. The van der Waals surface area contributed by atoms with Crippen molar-refractivity contribution in [2.45, 2.75) is 32.9 Å². The zero-order valence-electron chi connectivity index (χ0n) is 12.8. The Labute approximate surface area is 125 Å². The summed E-state index contributed by atoms with van der Waals surface area (Å²) in [4.78, 5) is 22.5. The second kappa shape index (κ2) is 7.21. The van der Waals surface area contributed by atoms with E-state index in [2.05, 4.69) is 20.6 Å². The maximum Gasteiger partial charge on any atom is 0.244 e. The first-order valence-electron chi connectivity index (χ1n) is 7.35. The molecule has 1 aromatic rings. The number of rotatable bonds is 7. The van der Waals surface area contributed by atoms with Gasteiger partial charge in [-0.25, -0.2) is 9.97 Å². The molecule has 1 saturated heterocycles. The van der Waals surface area contributed by atoms with Crippen LogP contribution in [0.3, 0.4) is 0 Å². The van der Waals surface area contributed by atoms with E-state index in [9.17, 15) is 4.79 Å². The molecule has 0 aliphatic carbocycles. The number of likely N-dealkylation sites (tertiary alicyclic amines) is 1. The van der Waals surface area contributed by atoms with Crippen LogP contribution in [-0.4, -0.2) is 53.6 Å². The lowest BCUT2D eigenvalue weighted by atomic mass is 10.2. The van der Waals surface area contributed by atoms with Gasteiger partial charge in [-0.3, -0.25) is 4.79 Å². The Morgan fingerprint density at radius 2 is 2.14 bits per heavy atom. The summed E-state index contributed by atoms with van der Waals surface area (Å²) in [6, 6.07) is 1.61. The first kappa shape index (κ1) is 15.5. The van der Waals surface area contributed by atoms with Crippen molar-refractivity contribution < 1.29 is 9.53 Å². The summed E-state index contributed by atoms with van der Waals surface area (Å²) in [5, 5.41) is 6.37. The monoisotopic (exact) mass is 293 g/mol. The summed E-state index contributed by atoms with van der Waals surface area (Å²) in [5.74, 6) is 2.11. The number of anilines is 2. The Kier molecular flexibility index (Phi) is 5.32. The van der Waals surface area contributed by atoms with Crippen LogP contribution in [0.1, 0.15) is 26.1 Å². The van der Waals surface area contributed by atoms with Crippen molar-refractivity contribution in [1.29, 1.82) is 0 Å². The van der Waals surface area contributed by atoms with Gasteiger partial charge in [0.05, 0.1) is 0 Å². The topological polar surface area (TPSA) is 79.4 Å². The third kappa shape index (κ3) is 4.04. The summed E-state index contributed by atoms with van der Waals surface area (Å²) in [7, 11) is 1.81. The number of hydrogen-bond donors (Lipinski definition) is 2. The van der Waals surface area contributed by atoms with E-state index in [-0.39, 0.29) is 11.9 Å². The fourth-order valence-electron chi connectivity index (χ4n) is 2.24. The fourth-order valence-corrected chi connectivity index (χ4v) is 2.24. The lowest BCUT2D eigenvalue weighted by Gasteiger charge is -2.14. The molecule has 21 heavy (non-hydrogen) atoms. The summed E-state index contributed by atoms with van der Waals surface area (Å²) < 4.78 is 5.36. The number of nitrogens with one attached hydrogen (secondary N) is 2. The predicted octanol–water partition coefficient (Wildman–Crippen LogP) is 1.09. The van der Waals surface area contributed by atoms with Gasteiger partial charge in [0, 0.05) is 32.8 Å². The molecule has 0 radical (unpaired) electrons. The second-order valence-electron chi connectivity index (χ2n) is 4.97. The van der Waals surface area contributed by atoms with Gasteiger partial charge < -0.3 is 20.3 Å². The van der Waals surface area contributed by atoms with Gasteiger partial charge in [0.2, 0.25) is 5.91 Å². The normalized spacial score (nSPS) is 18.1. The molecule has 1 unspecified atom stereocenters. The van der Waals surface area contributed by atoms with Crippen LogP contribution < -0.4 is 10.6 Å². The van der Waals surface area contributed by atoms with Crippen molar-refractivity contribution in [3.8, 4) is 0 Å². The van der Waals surface area contributed by atoms with E-state index < -0.39 is 0 Å². The average Bonchev–Trinajstić information content (AvgIpc) is 2.77. The van der Waals surface area contributed by atoms with Crippen LogP contribution in [0.4, 0.5) is 11.6 Å². The molecule has 2 rings (SSSR count). The summed E-state index contributed by atoms with van der Waals surface area (Å²) in [6.07, 6.45) is 0.788. The maximum atomic E-state index is 12.0. The van der Waals surface area contributed by atoms with Gasteiger partial charge in [0.1, 0.15) is 24.3 Å². The third-order valence-corrected chi connectivity index (χ3v) is 3.32. The van der Waals surface area contributed by atoms with Gasteiger partial charge in [0.15, 0.2) is 5.82 Å². The predicted molar refractivity (Wildman–Crippen MR) is 81.2 cm³/mol. The molecule has 1 aromatic heterocycles. The highest BCUT2D eigenvalue weighted by Gasteiger charge is 2.29. The Hall–Kier alpha value is -1.89. The molecule has 116 valence electrons. The molecule has 7 nitrogen and oxygen atoms in total. The highest BCUT2D eigenvalue weighted by molar-refractivity contribution is 5.86. The Morgan fingerprint density at radius 3 is 2.76 bits per heavy atom. The number of aromatic nitrogens is 2. The molecule has 1 aliphatic heterocycles. The minimum absolute atomic E-state index is 0.102. The molecule has 2 N–H and O–H groups in total. The molecule has 1 aliphatic rings. The quantitative estimate of drug-likeness (QED) is 0.783. The van der Waals surface area contributed by atoms with Crippen molar-refractivity contribution in [3.05, 3.63) is 11.9 Å². The van der Waals surface area contributed by atoms with E-state index in [0.29, 0.717) is 24.9 Å². The number of carbonyl (C=O) groups excluding carboxylic acids is 1. The van der Waals surface area contributed by atoms with E-state index in [1.807, 2.05) is 27.0 Å². The Morgan fingerprint density at radius 1 is 1.38 bits per heavy atom. The van der Waals surface area contributed by atoms with Crippen molar-refractivity contribution in [1.82, 2.24) is 14.9 Å². The Balaban J connectivity index is 2.13. The van der Waals surface area contributed by atoms with Crippen molar-refractivity contribution in [2.24, 2.45) is 0 Å². The molecule has 1 atom stereocenters. The zero-order chi connectivity index (χ0) is 15.2. The van der Waals surface area contributed by atoms with Crippen molar-refractivity contribution in [3.63, 3.8) is 0 Å². The molecule has 1 amide bonds. The van der Waals surface area contributed by atoms with Gasteiger partial charge in [-0.1, -0.05) is 0 Å². The number of amides is 1. The third-order valence-electron chi connectivity index (χ3n) is 3.32. The number of carbonyl (C=O) groups is 1. The number of ether oxygens (including phenoxy) is 1. The average molecular weight is 293 g/mol. The molecule has 0 aromatic carbocycles. The highest BCUT2D eigenvalue weighted by atomic mass is 16.5. The molecule has 0 saturated carbocycles. The largest absolute Gasteiger partial charge is 0.374 e. The van der Waals surface area contributed by atoms with Crippen LogP contribution in [0.25, 0.3) is 0 Å². The van der Waals surface area contributed by atoms with E-state index in [4.69, 9.17) is 4.74 Å². The van der Waals surface area contributed by atoms with Gasteiger partial charge >= 0.3 is 0 Å². The Bertz CT molecular complexity index is 494. The van der Waals surface area contributed by atoms with Gasteiger partial charge in [-0.15, -0.1) is 0 Å². The van der Waals surface area contributed by atoms with Crippen molar-refractivity contribution in [2.75, 3.05) is 37.4 Å². The SMILES string of the molecule is CCNc1cc(NC2CCN(C)C2=O)nc(COCC)n1. The van der Waals surface area contributed by atoms with Gasteiger partial charge in [-0.2, -0.15) is 0 Å². The molecule has 1 fully saturated rings. The first-order valence-corrected chi connectivity index (χ1v) is 7.35. The lowest BCUT2D eigenvalue weighted by Crippen LogP contribution is -2.31. The minimum Gasteiger partial charge on any atom is -0.374 e. The van der Waals surface area contributed by atoms with Crippen molar-refractivity contribution >= 4 is 17.5 Å². The van der Waals surface area contributed by atoms with E-state index in [0.717, 1.165) is 25.3 Å². The smallest absolute Gasteiger partial charge is 0.244 e. The second-order valence-corrected chi connectivity index (χ2v) is 4.97. The molecule has 0 spiro atoms. The van der Waals surface area contributed by atoms with Crippen LogP contribution in [0, 0.1) is 0 Å². The minimum atomic E-state index is -0.209. The van der Waals surface area contributed by atoms with Gasteiger partial charge in [-0.05, 0) is 20.3 Å². The van der Waals surface area contributed by atoms with Crippen LogP contribution in [0.15, 0.2) is 6.07 Å². The van der Waals surface area contributed by atoms with E-state index in [1.54, 1.807) is 4.90 Å². The van der Waals surface area contributed by atoms with E-state index >= 15 is 0 Å². The zero-order valence-corrected chi connectivity index (χ0v) is 12.8. The lowest BCUT2D eigenvalue weighted by molar-refractivity contribution is -0.127. The summed E-state index contributed by atoms with van der Waals surface area (Å²) in [5.41, 5.74) is 0. The maximum absolute atomic E-state index is 12.0. The number of nitrogens with zero attached hydrogens (tertiary/aromatic N) is 3. The summed E-state index contributed by atoms with van der Waals surface area (Å²) in [6.45, 7) is 6.46. The molecule has 0 bridgehead atoms. The van der Waals surface area contributed by atoms with Crippen LogP contribution in [0.5, 0.6) is 0 Å². The van der Waals surface area contributed by atoms with Crippen LogP contribution in [0.2, 0.25) is 0 Å². The van der Waals surface area contributed by atoms with E-state index in [1.165, 1.54) is 0 Å². The fraction of sp³-hybridized carbons (Fsp3) is 0.643. The molecule has 2 heterocycles. The highest BCUT2D eigenvalue weighted by Crippen LogP contribution is 2.17. The van der Waals surface area contributed by atoms with Gasteiger partial charge in [0.25, 0.3) is 0 Å². The van der Waals surface area contributed by atoms with Crippen LogP contribution >= 0.6 is 0 Å². The standard InChI is InChI=1S/C14H23N5O2/c1-4-15-11-8-12(18-13(17-11)9-21-5-2)16-10-6-7-19(3)14(10)20/h8,10H,4-7,9H2,1-3H3,(H2,15,16,17,18). The number of likely N-dealkylation sites (N-methyl/N-ethyl adjacent to an activating group) is 1.